The fraction of sp³-hybridized carbons (Fsp3) is 0.150. The van der Waals surface area contributed by atoms with Crippen molar-refractivity contribution in [3.63, 3.8) is 0 Å². The number of hydrogen-bond donors (Lipinski definition) is 2. The van der Waals surface area contributed by atoms with Crippen LogP contribution >= 0.6 is 0 Å². The van der Waals surface area contributed by atoms with Crippen molar-refractivity contribution in [3.05, 3.63) is 71.3 Å². The summed E-state index contributed by atoms with van der Waals surface area (Å²) in [6.07, 6.45) is 2.88. The number of nitrogens with one attached hydrogen (secondary N) is 1. The van der Waals surface area contributed by atoms with Gasteiger partial charge in [-0.05, 0) is 55.0 Å². The molecule has 152 valence electrons. The number of hydrogen-bond acceptors (Lipinski definition) is 6. The molecule has 0 fully saturated rings. The third-order valence-corrected chi connectivity index (χ3v) is 5.47. The standard InChI is InChI=1S/C20H19NO7S/c1-13(19(23)24)21-29(26,27)17-10-8-15(9-11-17)18(22)12-5-14-3-6-16(7-4-14)20(25)28-2/h3-13,21H,1-2H3,(H,23,24)/b12-5+/t13-/m1/s1. The summed E-state index contributed by atoms with van der Waals surface area (Å²) in [5.41, 5.74) is 1.34. The van der Waals surface area contributed by atoms with Crippen molar-refractivity contribution in [1.29, 1.82) is 0 Å². The molecule has 0 unspecified atom stereocenters. The number of benzene rings is 2. The average molecular weight is 417 g/mol. The molecule has 0 radical (unpaired) electrons. The summed E-state index contributed by atoms with van der Waals surface area (Å²) in [5, 5.41) is 8.81. The lowest BCUT2D eigenvalue weighted by Gasteiger charge is -2.10. The van der Waals surface area contributed by atoms with Crippen LogP contribution < -0.4 is 4.72 Å². The van der Waals surface area contributed by atoms with Crippen LogP contribution in [0.3, 0.4) is 0 Å². The van der Waals surface area contributed by atoms with Crippen molar-refractivity contribution in [1.82, 2.24) is 4.72 Å². The normalized spacial score (nSPS) is 12.5. The number of sulfonamides is 1. The van der Waals surface area contributed by atoms with E-state index in [0.29, 0.717) is 11.1 Å². The lowest BCUT2D eigenvalue weighted by molar-refractivity contribution is -0.138. The molecule has 0 saturated heterocycles. The maximum absolute atomic E-state index is 12.3. The largest absolute Gasteiger partial charge is 0.480 e. The molecule has 0 spiro atoms. The Hall–Kier alpha value is -3.30. The molecule has 2 aromatic rings. The van der Waals surface area contributed by atoms with E-state index < -0.39 is 28.0 Å². The van der Waals surface area contributed by atoms with Crippen LogP contribution in [0.2, 0.25) is 0 Å². The zero-order valence-corrected chi connectivity index (χ0v) is 16.5. The molecule has 0 aliphatic carbocycles. The molecule has 0 bridgehead atoms. The molecule has 9 heteroatoms. The minimum atomic E-state index is -4.01. The van der Waals surface area contributed by atoms with Gasteiger partial charge in [-0.1, -0.05) is 18.2 Å². The minimum Gasteiger partial charge on any atom is -0.480 e. The second kappa shape index (κ2) is 9.26. The molecule has 2 aromatic carbocycles. The predicted molar refractivity (Wildman–Crippen MR) is 105 cm³/mol. The number of carboxylic acids is 1. The number of esters is 1. The van der Waals surface area contributed by atoms with Gasteiger partial charge in [0.05, 0.1) is 17.6 Å². The summed E-state index contributed by atoms with van der Waals surface area (Å²) in [5.74, 6) is -2.11. The van der Waals surface area contributed by atoms with Crippen molar-refractivity contribution in [2.24, 2.45) is 0 Å². The van der Waals surface area contributed by atoms with Gasteiger partial charge in [-0.3, -0.25) is 9.59 Å². The van der Waals surface area contributed by atoms with Gasteiger partial charge in [-0.15, -0.1) is 0 Å². The molecular weight excluding hydrogens is 398 g/mol. The highest BCUT2D eigenvalue weighted by Crippen LogP contribution is 2.13. The highest BCUT2D eigenvalue weighted by Gasteiger charge is 2.21. The van der Waals surface area contributed by atoms with E-state index in [1.165, 1.54) is 44.4 Å². The fourth-order valence-corrected chi connectivity index (χ4v) is 3.46. The fourth-order valence-electron chi connectivity index (χ4n) is 2.27. The smallest absolute Gasteiger partial charge is 0.337 e. The second-order valence-electron chi connectivity index (χ2n) is 6.02. The summed E-state index contributed by atoms with van der Waals surface area (Å²) >= 11 is 0. The molecule has 2 rings (SSSR count). The number of ketones is 1. The first-order chi connectivity index (χ1) is 13.6. The lowest BCUT2D eigenvalue weighted by atomic mass is 10.1. The van der Waals surface area contributed by atoms with Crippen LogP contribution in [0.1, 0.15) is 33.2 Å². The summed E-state index contributed by atoms with van der Waals surface area (Å²) in [7, 11) is -2.73. The Morgan fingerprint density at radius 3 is 2.07 bits per heavy atom. The topological polar surface area (TPSA) is 127 Å². The van der Waals surface area contributed by atoms with E-state index >= 15 is 0 Å². The maximum Gasteiger partial charge on any atom is 0.337 e. The van der Waals surface area contributed by atoms with Gasteiger partial charge < -0.3 is 9.84 Å². The Balaban J connectivity index is 2.09. The summed E-state index contributed by atoms with van der Waals surface area (Å²) < 4.78 is 30.9. The summed E-state index contributed by atoms with van der Waals surface area (Å²) in [4.78, 5) is 34.3. The van der Waals surface area contributed by atoms with Gasteiger partial charge in [0, 0.05) is 5.56 Å². The molecule has 1 atom stereocenters. The Morgan fingerprint density at radius 1 is 1.00 bits per heavy atom. The van der Waals surface area contributed by atoms with Gasteiger partial charge in [0.1, 0.15) is 6.04 Å². The quantitative estimate of drug-likeness (QED) is 0.383. The van der Waals surface area contributed by atoms with Crippen molar-refractivity contribution in [3.8, 4) is 0 Å². The zero-order valence-electron chi connectivity index (χ0n) is 15.7. The van der Waals surface area contributed by atoms with Crippen molar-refractivity contribution in [2.75, 3.05) is 7.11 Å². The Morgan fingerprint density at radius 2 is 1.55 bits per heavy atom. The molecule has 2 N–H and O–H groups in total. The van der Waals surface area contributed by atoms with Gasteiger partial charge in [0.2, 0.25) is 10.0 Å². The second-order valence-corrected chi connectivity index (χ2v) is 7.73. The van der Waals surface area contributed by atoms with Gasteiger partial charge in [0.15, 0.2) is 5.78 Å². The highest BCUT2D eigenvalue weighted by molar-refractivity contribution is 7.89. The third-order valence-electron chi connectivity index (χ3n) is 3.91. The van der Waals surface area contributed by atoms with Gasteiger partial charge >= 0.3 is 11.9 Å². The minimum absolute atomic E-state index is 0.149. The number of methoxy groups -OCH3 is 1. The van der Waals surface area contributed by atoms with Gasteiger partial charge in [-0.2, -0.15) is 4.72 Å². The molecule has 29 heavy (non-hydrogen) atoms. The lowest BCUT2D eigenvalue weighted by Crippen LogP contribution is -2.38. The van der Waals surface area contributed by atoms with E-state index in [1.807, 2.05) is 4.72 Å². The Bertz CT molecular complexity index is 1040. The van der Waals surface area contributed by atoms with E-state index in [4.69, 9.17) is 5.11 Å². The van der Waals surface area contributed by atoms with E-state index in [0.717, 1.165) is 0 Å². The predicted octanol–water partition coefficient (Wildman–Crippen LogP) is 2.12. The first kappa shape index (κ1) is 22.0. The molecule has 0 aromatic heterocycles. The highest BCUT2D eigenvalue weighted by atomic mass is 32.2. The molecule has 0 saturated carbocycles. The monoisotopic (exact) mass is 417 g/mol. The van der Waals surface area contributed by atoms with Crippen LogP contribution in [0.4, 0.5) is 0 Å². The number of aliphatic carboxylic acids is 1. The van der Waals surface area contributed by atoms with Gasteiger partial charge in [0.25, 0.3) is 0 Å². The summed E-state index contributed by atoms with van der Waals surface area (Å²) in [6.45, 7) is 1.21. The molecular formula is C20H19NO7S. The van der Waals surface area contributed by atoms with Crippen molar-refractivity contribution >= 4 is 33.8 Å². The van der Waals surface area contributed by atoms with Crippen LogP contribution in [0.15, 0.2) is 59.5 Å². The van der Waals surface area contributed by atoms with Crippen LogP contribution in [0, 0.1) is 0 Å². The number of ether oxygens (including phenoxy) is 1. The van der Waals surface area contributed by atoms with E-state index in [1.54, 1.807) is 30.3 Å². The SMILES string of the molecule is COC(=O)c1ccc(/C=C/C(=O)c2ccc(S(=O)(=O)N[C@H](C)C(=O)O)cc2)cc1. The average Bonchev–Trinajstić information content (AvgIpc) is 2.71. The van der Waals surface area contributed by atoms with Crippen LogP contribution in [0.5, 0.6) is 0 Å². The zero-order chi connectivity index (χ0) is 21.6. The third kappa shape index (κ3) is 5.84. The Kier molecular flexibility index (Phi) is 7.03. The van der Waals surface area contributed by atoms with Crippen LogP contribution in [-0.2, 0) is 19.6 Å². The number of carbonyl (C=O) groups excluding carboxylic acids is 2. The van der Waals surface area contributed by atoms with Crippen molar-refractivity contribution < 1.29 is 32.6 Å². The van der Waals surface area contributed by atoms with Gasteiger partial charge in [-0.25, -0.2) is 13.2 Å². The van der Waals surface area contributed by atoms with Crippen LogP contribution in [0.25, 0.3) is 6.08 Å². The molecule has 8 nitrogen and oxygen atoms in total. The van der Waals surface area contributed by atoms with E-state index in [9.17, 15) is 22.8 Å². The molecule has 0 aliphatic rings. The van der Waals surface area contributed by atoms with E-state index in [2.05, 4.69) is 4.74 Å². The number of allylic oxidation sites excluding steroid dienone is 1. The molecule has 0 aliphatic heterocycles. The Labute approximate surface area is 167 Å². The first-order valence-corrected chi connectivity index (χ1v) is 9.88. The van der Waals surface area contributed by atoms with E-state index in [-0.39, 0.29) is 16.2 Å². The van der Waals surface area contributed by atoms with Crippen molar-refractivity contribution in [2.45, 2.75) is 17.9 Å². The number of rotatable bonds is 8. The number of carbonyl (C=O) groups is 3. The van der Waals surface area contributed by atoms with Crippen LogP contribution in [-0.4, -0.2) is 44.4 Å². The summed E-state index contributed by atoms with van der Waals surface area (Å²) in [6, 6.07) is 10.3. The number of carboxylic acid groups (broad SMARTS) is 1. The molecule has 0 heterocycles. The maximum atomic E-state index is 12.3. The first-order valence-electron chi connectivity index (χ1n) is 8.40. The molecule has 0 amide bonds.